The Morgan fingerprint density at radius 2 is 1.95 bits per heavy atom. The van der Waals surface area contributed by atoms with E-state index >= 15 is 0 Å². The van der Waals surface area contributed by atoms with Crippen LogP contribution in [-0.4, -0.2) is 41.6 Å². The Balaban J connectivity index is 2.27. The standard InChI is InChI=1S/C17H22O4S/c1-12-4-6-15(7-5-12)17(11-22-10-16(18)19)20-8-13(2)14(3)9-21-17/h4,6,13-14H,8-11H2,1-3H3,(H,18,19). The third-order valence-electron chi connectivity index (χ3n) is 3.95. The molecule has 0 radical (unpaired) electrons. The molecule has 0 bridgehead atoms. The predicted octanol–water partition coefficient (Wildman–Crippen LogP) is 3.02. The lowest BCUT2D eigenvalue weighted by molar-refractivity contribution is -0.182. The lowest BCUT2D eigenvalue weighted by Crippen LogP contribution is -2.40. The first kappa shape index (κ1) is 17.1. The first-order valence-corrected chi connectivity index (χ1v) is 8.57. The van der Waals surface area contributed by atoms with Crippen molar-refractivity contribution in [1.29, 1.82) is 0 Å². The lowest BCUT2D eigenvalue weighted by Gasteiger charge is -2.32. The summed E-state index contributed by atoms with van der Waals surface area (Å²) in [4.78, 5) is 10.8. The second-order valence-electron chi connectivity index (χ2n) is 5.90. The molecule has 4 nitrogen and oxygen atoms in total. The molecule has 0 spiro atoms. The van der Waals surface area contributed by atoms with Gasteiger partial charge in [-0.3, -0.25) is 4.79 Å². The van der Waals surface area contributed by atoms with Gasteiger partial charge in [-0.05, 0) is 36.5 Å². The van der Waals surface area contributed by atoms with Crippen LogP contribution in [0.25, 0.3) is 0 Å². The van der Waals surface area contributed by atoms with Crippen molar-refractivity contribution in [2.45, 2.75) is 26.6 Å². The van der Waals surface area contributed by atoms with Gasteiger partial charge < -0.3 is 14.6 Å². The number of carboxylic acid groups (broad SMARTS) is 1. The largest absolute Gasteiger partial charge is 0.481 e. The zero-order chi connectivity index (χ0) is 16.2. The third-order valence-corrected chi connectivity index (χ3v) is 4.99. The van der Waals surface area contributed by atoms with Gasteiger partial charge in [-0.2, -0.15) is 0 Å². The molecule has 0 aromatic carbocycles. The molecule has 2 unspecified atom stereocenters. The Labute approximate surface area is 135 Å². The number of thioether (sulfide) groups is 1. The van der Waals surface area contributed by atoms with Crippen molar-refractivity contribution in [2.75, 3.05) is 24.7 Å². The zero-order valence-electron chi connectivity index (χ0n) is 13.2. The number of aliphatic carboxylic acids is 1. The molecule has 0 aromatic heterocycles. The van der Waals surface area contributed by atoms with Crippen molar-refractivity contribution in [1.82, 2.24) is 0 Å². The molecule has 2 atom stereocenters. The highest BCUT2D eigenvalue weighted by molar-refractivity contribution is 8.00. The Morgan fingerprint density at radius 3 is 2.45 bits per heavy atom. The van der Waals surface area contributed by atoms with Crippen molar-refractivity contribution in [3.8, 4) is 0 Å². The number of carboxylic acids is 1. The Kier molecular flexibility index (Phi) is 5.74. The van der Waals surface area contributed by atoms with E-state index in [-0.39, 0.29) is 5.75 Å². The molecule has 22 heavy (non-hydrogen) atoms. The third kappa shape index (κ3) is 4.16. The Hall–Kier alpha value is -1.22. The topological polar surface area (TPSA) is 55.8 Å². The van der Waals surface area contributed by atoms with Gasteiger partial charge in [0.1, 0.15) is 0 Å². The van der Waals surface area contributed by atoms with Crippen LogP contribution in [0.4, 0.5) is 0 Å². The van der Waals surface area contributed by atoms with Crippen molar-refractivity contribution >= 4 is 17.7 Å². The van der Waals surface area contributed by atoms with Gasteiger partial charge >= 0.3 is 5.97 Å². The molecule has 120 valence electrons. The molecule has 0 amide bonds. The summed E-state index contributed by atoms with van der Waals surface area (Å²) in [5.41, 5.74) is 7.93. The lowest BCUT2D eigenvalue weighted by atomic mass is 9.98. The van der Waals surface area contributed by atoms with Crippen LogP contribution in [0.15, 0.2) is 34.8 Å². The zero-order valence-corrected chi connectivity index (χ0v) is 14.0. The number of ether oxygens (including phenoxy) is 2. The number of carbonyl (C=O) groups is 1. The molecule has 1 heterocycles. The molecule has 0 aromatic rings. The summed E-state index contributed by atoms with van der Waals surface area (Å²) in [6.07, 6.45) is 3.87. The molecule has 1 aliphatic heterocycles. The summed E-state index contributed by atoms with van der Waals surface area (Å²) in [7, 11) is 0. The van der Waals surface area contributed by atoms with E-state index < -0.39 is 11.8 Å². The van der Waals surface area contributed by atoms with Crippen LogP contribution in [0.3, 0.4) is 0 Å². The van der Waals surface area contributed by atoms with E-state index in [0.717, 1.165) is 11.1 Å². The molecular formula is C17H22O4S. The van der Waals surface area contributed by atoms with Crippen LogP contribution in [0.5, 0.6) is 0 Å². The average molecular weight is 322 g/mol. The molecular weight excluding hydrogens is 300 g/mol. The van der Waals surface area contributed by atoms with Crippen molar-refractivity contribution in [2.24, 2.45) is 11.8 Å². The van der Waals surface area contributed by atoms with Gasteiger partial charge in [0.25, 0.3) is 0 Å². The van der Waals surface area contributed by atoms with E-state index in [9.17, 15) is 4.79 Å². The Bertz CT molecular complexity index is 553. The highest BCUT2D eigenvalue weighted by Gasteiger charge is 2.40. The van der Waals surface area contributed by atoms with Crippen LogP contribution < -0.4 is 0 Å². The van der Waals surface area contributed by atoms with Crippen LogP contribution in [0, 0.1) is 11.8 Å². The number of allylic oxidation sites excluding steroid dienone is 2. The smallest absolute Gasteiger partial charge is 0.313 e. The predicted molar refractivity (Wildman–Crippen MR) is 86.8 cm³/mol. The first-order valence-electron chi connectivity index (χ1n) is 7.41. The van der Waals surface area contributed by atoms with E-state index in [4.69, 9.17) is 14.6 Å². The van der Waals surface area contributed by atoms with E-state index in [1.807, 2.05) is 19.1 Å². The fourth-order valence-electron chi connectivity index (χ4n) is 2.17. The van der Waals surface area contributed by atoms with E-state index in [1.54, 1.807) is 0 Å². The van der Waals surface area contributed by atoms with Crippen LogP contribution in [0.2, 0.25) is 0 Å². The number of hydrogen-bond donors (Lipinski definition) is 1. The van der Waals surface area contributed by atoms with Gasteiger partial charge in [0.15, 0.2) is 0 Å². The molecule has 2 rings (SSSR count). The minimum absolute atomic E-state index is 0.0230. The van der Waals surface area contributed by atoms with Gasteiger partial charge in [0, 0.05) is 0 Å². The van der Waals surface area contributed by atoms with E-state index in [2.05, 4.69) is 25.3 Å². The second kappa shape index (κ2) is 7.36. The van der Waals surface area contributed by atoms with Crippen molar-refractivity contribution < 1.29 is 19.4 Å². The normalized spacial score (nSPS) is 31.4. The summed E-state index contributed by atoms with van der Waals surface area (Å²) in [6, 6.07) is 0. The van der Waals surface area contributed by atoms with E-state index in [0.29, 0.717) is 30.8 Å². The SMILES string of the molecule is CC1=C=C=C(C2(CSCC(=O)O)OCC(C)C(C)CO2)C=C1. The molecule has 1 saturated heterocycles. The minimum atomic E-state index is -0.941. The maximum atomic E-state index is 10.8. The minimum Gasteiger partial charge on any atom is -0.481 e. The number of hydrogen-bond acceptors (Lipinski definition) is 4. The molecule has 2 aliphatic rings. The summed E-state index contributed by atoms with van der Waals surface area (Å²) >= 11 is 1.29. The maximum absolute atomic E-state index is 10.8. The molecule has 5 heteroatoms. The fourth-order valence-corrected chi connectivity index (χ4v) is 3.04. The van der Waals surface area contributed by atoms with E-state index in [1.165, 1.54) is 11.8 Å². The quantitative estimate of drug-likeness (QED) is 0.789. The van der Waals surface area contributed by atoms with Crippen LogP contribution in [0.1, 0.15) is 20.8 Å². The second-order valence-corrected chi connectivity index (χ2v) is 6.88. The fraction of sp³-hybridized carbons (Fsp3) is 0.588. The average Bonchev–Trinajstić information content (AvgIpc) is 2.62. The Morgan fingerprint density at radius 1 is 1.32 bits per heavy atom. The number of rotatable bonds is 5. The van der Waals surface area contributed by atoms with Gasteiger partial charge in [0.2, 0.25) is 5.79 Å². The molecule has 0 saturated carbocycles. The highest BCUT2D eigenvalue weighted by Crippen LogP contribution is 2.34. The first-order chi connectivity index (χ1) is 10.4. The van der Waals surface area contributed by atoms with Crippen molar-refractivity contribution in [3.05, 3.63) is 34.8 Å². The molecule has 1 aliphatic carbocycles. The van der Waals surface area contributed by atoms with Gasteiger partial charge in [0.05, 0.1) is 30.3 Å². The molecule has 1 fully saturated rings. The maximum Gasteiger partial charge on any atom is 0.313 e. The summed E-state index contributed by atoms with van der Waals surface area (Å²) in [5.74, 6) is -0.554. The van der Waals surface area contributed by atoms with Crippen LogP contribution >= 0.6 is 11.8 Å². The highest BCUT2D eigenvalue weighted by atomic mass is 32.2. The van der Waals surface area contributed by atoms with Crippen LogP contribution in [-0.2, 0) is 14.3 Å². The summed E-state index contributed by atoms with van der Waals surface area (Å²) in [5, 5.41) is 8.86. The van der Waals surface area contributed by atoms with Gasteiger partial charge in [-0.25, -0.2) is 0 Å². The van der Waals surface area contributed by atoms with Gasteiger partial charge in [-0.1, -0.05) is 25.3 Å². The summed E-state index contributed by atoms with van der Waals surface area (Å²) in [6.45, 7) is 7.39. The van der Waals surface area contributed by atoms with Crippen molar-refractivity contribution in [3.63, 3.8) is 0 Å². The summed E-state index contributed by atoms with van der Waals surface area (Å²) < 4.78 is 12.2. The van der Waals surface area contributed by atoms with Gasteiger partial charge in [-0.15, -0.1) is 11.8 Å². The molecule has 1 N–H and O–H groups in total. The monoisotopic (exact) mass is 322 g/mol.